The predicted molar refractivity (Wildman–Crippen MR) is 86.0 cm³/mol. The lowest BCUT2D eigenvalue weighted by Crippen LogP contribution is -2.38. The van der Waals surface area contributed by atoms with E-state index in [0.29, 0.717) is 18.5 Å². The number of nitrogens with two attached hydrogens (primary N) is 1. The molecule has 21 heavy (non-hydrogen) atoms. The van der Waals surface area contributed by atoms with Crippen LogP contribution in [0.2, 0.25) is 0 Å². The van der Waals surface area contributed by atoms with Crippen LogP contribution in [-0.4, -0.2) is 21.6 Å². The molecule has 0 spiro atoms. The van der Waals surface area contributed by atoms with Gasteiger partial charge in [-0.3, -0.25) is 0 Å². The zero-order valence-electron chi connectivity index (χ0n) is 12.7. The van der Waals surface area contributed by atoms with E-state index in [-0.39, 0.29) is 0 Å². The third kappa shape index (κ3) is 4.63. The Morgan fingerprint density at radius 1 is 1.38 bits per heavy atom. The second-order valence-electron chi connectivity index (χ2n) is 5.11. The molecule has 1 heterocycles. The van der Waals surface area contributed by atoms with Gasteiger partial charge in [-0.2, -0.15) is 0 Å². The van der Waals surface area contributed by atoms with Crippen molar-refractivity contribution in [1.29, 1.82) is 0 Å². The van der Waals surface area contributed by atoms with Crippen molar-refractivity contribution in [2.45, 2.75) is 39.4 Å². The number of rotatable bonds is 6. The molecule has 5 heteroatoms. The maximum Gasteiger partial charge on any atom is 0.189 e. The number of aliphatic imine (C=N–C) groups is 1. The van der Waals surface area contributed by atoms with Crippen LogP contribution in [0.5, 0.6) is 0 Å². The summed E-state index contributed by atoms with van der Waals surface area (Å²) in [5, 5.41) is 3.15. The Hall–Kier alpha value is -2.30. The van der Waals surface area contributed by atoms with Crippen LogP contribution in [0.25, 0.3) is 0 Å². The largest absolute Gasteiger partial charge is 0.370 e. The molecule has 3 N–H and O–H groups in total. The SMILES string of the molecule is CCC(C)NC(N)=NCc1nccn1Cc1ccccc1. The fourth-order valence-electron chi connectivity index (χ4n) is 1.97. The van der Waals surface area contributed by atoms with Gasteiger partial charge < -0.3 is 15.6 Å². The van der Waals surface area contributed by atoms with Crippen LogP contribution < -0.4 is 11.1 Å². The van der Waals surface area contributed by atoms with E-state index in [9.17, 15) is 0 Å². The molecule has 0 aliphatic rings. The highest BCUT2D eigenvalue weighted by Gasteiger charge is 2.04. The van der Waals surface area contributed by atoms with E-state index >= 15 is 0 Å². The molecule has 0 radical (unpaired) electrons. The number of guanidine groups is 1. The second kappa shape index (κ2) is 7.47. The first kappa shape index (κ1) is 15.1. The first-order valence-corrected chi connectivity index (χ1v) is 7.29. The van der Waals surface area contributed by atoms with Gasteiger partial charge in [0.25, 0.3) is 0 Å². The van der Waals surface area contributed by atoms with Gasteiger partial charge in [0.2, 0.25) is 0 Å². The van der Waals surface area contributed by atoms with E-state index in [1.165, 1.54) is 5.56 Å². The Morgan fingerprint density at radius 3 is 2.86 bits per heavy atom. The Bertz CT molecular complexity index is 573. The van der Waals surface area contributed by atoms with Crippen molar-refractivity contribution in [3.8, 4) is 0 Å². The molecule has 0 saturated carbocycles. The van der Waals surface area contributed by atoms with Gasteiger partial charge in [-0.1, -0.05) is 37.3 Å². The van der Waals surface area contributed by atoms with Crippen molar-refractivity contribution in [3.05, 3.63) is 54.1 Å². The molecule has 1 unspecified atom stereocenters. The molecule has 112 valence electrons. The molecule has 2 rings (SSSR count). The quantitative estimate of drug-likeness (QED) is 0.631. The van der Waals surface area contributed by atoms with Crippen molar-refractivity contribution < 1.29 is 0 Å². The number of nitrogens with zero attached hydrogens (tertiary/aromatic N) is 3. The summed E-state index contributed by atoms with van der Waals surface area (Å²) in [6.07, 6.45) is 4.78. The van der Waals surface area contributed by atoms with E-state index in [0.717, 1.165) is 18.8 Å². The first-order valence-electron chi connectivity index (χ1n) is 7.29. The molecule has 0 aliphatic carbocycles. The number of aromatic nitrogens is 2. The molecule has 0 bridgehead atoms. The van der Waals surface area contributed by atoms with Crippen LogP contribution in [0, 0.1) is 0 Å². The lowest BCUT2D eigenvalue weighted by Gasteiger charge is -2.12. The minimum atomic E-state index is 0.331. The Labute approximate surface area is 125 Å². The monoisotopic (exact) mass is 285 g/mol. The van der Waals surface area contributed by atoms with Crippen molar-refractivity contribution >= 4 is 5.96 Å². The van der Waals surface area contributed by atoms with Crippen molar-refractivity contribution in [2.75, 3.05) is 0 Å². The lowest BCUT2D eigenvalue weighted by molar-refractivity contribution is 0.634. The summed E-state index contributed by atoms with van der Waals surface area (Å²) in [4.78, 5) is 8.71. The highest BCUT2D eigenvalue weighted by molar-refractivity contribution is 5.78. The number of nitrogens with one attached hydrogen (secondary N) is 1. The standard InChI is InChI=1S/C16H23N5/c1-3-13(2)20-16(17)19-11-15-18-9-10-21(15)12-14-7-5-4-6-8-14/h4-10,13H,3,11-12H2,1-2H3,(H3,17,19,20). The highest BCUT2D eigenvalue weighted by Crippen LogP contribution is 2.06. The third-order valence-corrected chi connectivity index (χ3v) is 3.39. The van der Waals surface area contributed by atoms with Crippen LogP contribution in [0.15, 0.2) is 47.7 Å². The average molecular weight is 285 g/mol. The summed E-state index contributed by atoms with van der Waals surface area (Å²) >= 11 is 0. The Balaban J connectivity index is 1.99. The van der Waals surface area contributed by atoms with Gasteiger partial charge >= 0.3 is 0 Å². The van der Waals surface area contributed by atoms with E-state index in [2.05, 4.69) is 45.8 Å². The molecule has 1 aromatic heterocycles. The summed E-state index contributed by atoms with van der Waals surface area (Å²) < 4.78 is 2.09. The normalized spacial score (nSPS) is 13.1. The molecule has 2 aromatic rings. The minimum Gasteiger partial charge on any atom is -0.370 e. The molecule has 0 saturated heterocycles. The summed E-state index contributed by atoms with van der Waals surface area (Å²) in [5.41, 5.74) is 7.11. The van der Waals surface area contributed by atoms with Gasteiger partial charge in [-0.25, -0.2) is 9.98 Å². The maximum atomic E-state index is 5.87. The van der Waals surface area contributed by atoms with Crippen LogP contribution in [-0.2, 0) is 13.1 Å². The van der Waals surface area contributed by atoms with E-state index in [1.54, 1.807) is 6.20 Å². The first-order chi connectivity index (χ1) is 10.2. The van der Waals surface area contributed by atoms with Crippen LogP contribution in [0.4, 0.5) is 0 Å². The fraction of sp³-hybridized carbons (Fsp3) is 0.375. The predicted octanol–water partition coefficient (Wildman–Crippen LogP) is 2.13. The number of benzene rings is 1. The molecule has 0 aliphatic heterocycles. The van der Waals surface area contributed by atoms with Gasteiger partial charge in [0.05, 0.1) is 0 Å². The highest BCUT2D eigenvalue weighted by atomic mass is 15.1. The lowest BCUT2D eigenvalue weighted by atomic mass is 10.2. The van der Waals surface area contributed by atoms with Crippen molar-refractivity contribution in [1.82, 2.24) is 14.9 Å². The minimum absolute atomic E-state index is 0.331. The molecule has 0 amide bonds. The van der Waals surface area contributed by atoms with Crippen LogP contribution in [0.3, 0.4) is 0 Å². The summed E-state index contributed by atoms with van der Waals surface area (Å²) in [7, 11) is 0. The molecular weight excluding hydrogens is 262 g/mol. The molecular formula is C16H23N5. The fourth-order valence-corrected chi connectivity index (χ4v) is 1.97. The van der Waals surface area contributed by atoms with E-state index in [1.807, 2.05) is 24.4 Å². The zero-order valence-corrected chi connectivity index (χ0v) is 12.7. The topological polar surface area (TPSA) is 68.2 Å². The van der Waals surface area contributed by atoms with Gasteiger partial charge in [-0.15, -0.1) is 0 Å². The average Bonchev–Trinajstić information content (AvgIpc) is 2.93. The summed E-state index contributed by atoms with van der Waals surface area (Å²) in [6.45, 7) is 5.47. The van der Waals surface area contributed by atoms with Crippen LogP contribution in [0.1, 0.15) is 31.7 Å². The zero-order chi connectivity index (χ0) is 15.1. The van der Waals surface area contributed by atoms with E-state index in [4.69, 9.17) is 5.73 Å². The molecule has 1 aromatic carbocycles. The van der Waals surface area contributed by atoms with Gasteiger partial charge in [0.1, 0.15) is 12.4 Å². The van der Waals surface area contributed by atoms with Crippen molar-refractivity contribution in [2.24, 2.45) is 10.7 Å². The summed E-state index contributed by atoms with van der Waals surface area (Å²) in [5.74, 6) is 1.38. The Morgan fingerprint density at radius 2 is 2.14 bits per heavy atom. The molecule has 1 atom stereocenters. The van der Waals surface area contributed by atoms with Crippen LogP contribution >= 0.6 is 0 Å². The number of hydrogen-bond donors (Lipinski definition) is 2. The number of imidazole rings is 1. The Kier molecular flexibility index (Phi) is 5.37. The molecule has 5 nitrogen and oxygen atoms in total. The summed E-state index contributed by atoms with van der Waals surface area (Å²) in [6, 6.07) is 10.6. The molecule has 0 fully saturated rings. The third-order valence-electron chi connectivity index (χ3n) is 3.39. The number of hydrogen-bond acceptors (Lipinski definition) is 2. The van der Waals surface area contributed by atoms with Crippen molar-refractivity contribution in [3.63, 3.8) is 0 Å². The second-order valence-corrected chi connectivity index (χ2v) is 5.11. The van der Waals surface area contributed by atoms with Gasteiger partial charge in [-0.05, 0) is 18.9 Å². The maximum absolute atomic E-state index is 5.87. The van der Waals surface area contributed by atoms with Gasteiger partial charge in [0.15, 0.2) is 5.96 Å². The smallest absolute Gasteiger partial charge is 0.189 e. The van der Waals surface area contributed by atoms with E-state index < -0.39 is 0 Å². The van der Waals surface area contributed by atoms with Gasteiger partial charge in [0, 0.05) is 25.0 Å².